The van der Waals surface area contributed by atoms with E-state index in [2.05, 4.69) is 15.9 Å². The van der Waals surface area contributed by atoms with E-state index in [-0.39, 0.29) is 11.2 Å². The van der Waals surface area contributed by atoms with Crippen LogP contribution >= 0.6 is 15.9 Å². The molecule has 0 aliphatic heterocycles. The summed E-state index contributed by atoms with van der Waals surface area (Å²) in [5, 5.41) is 0.640. The first kappa shape index (κ1) is 12.4. The Labute approximate surface area is 96.6 Å². The quantitative estimate of drug-likeness (QED) is 0.767. The standard InChI is InChI=1S/C11H13BrF2O/c1-11(2,6-12)7-4-5-8(13)9(14)10(7)15-3/h4-5H,6H2,1-3H3. The maximum Gasteiger partial charge on any atom is 0.200 e. The molecule has 4 heteroatoms. The summed E-state index contributed by atoms with van der Waals surface area (Å²) in [6, 6.07) is 2.68. The Morgan fingerprint density at radius 1 is 1.33 bits per heavy atom. The zero-order chi connectivity index (χ0) is 11.6. The molecule has 84 valence electrons. The predicted octanol–water partition coefficient (Wildman–Crippen LogP) is 3.65. The fraction of sp³-hybridized carbons (Fsp3) is 0.455. The third kappa shape index (κ3) is 2.30. The monoisotopic (exact) mass is 278 g/mol. The summed E-state index contributed by atoms with van der Waals surface area (Å²) in [4.78, 5) is 0. The highest BCUT2D eigenvalue weighted by Gasteiger charge is 2.26. The number of halogens is 3. The van der Waals surface area contributed by atoms with Gasteiger partial charge in [0.2, 0.25) is 5.82 Å². The van der Waals surface area contributed by atoms with Crippen LogP contribution in [0.4, 0.5) is 8.78 Å². The van der Waals surface area contributed by atoms with E-state index in [9.17, 15) is 8.78 Å². The van der Waals surface area contributed by atoms with E-state index in [0.29, 0.717) is 10.9 Å². The molecule has 1 nitrogen and oxygen atoms in total. The largest absolute Gasteiger partial charge is 0.493 e. The van der Waals surface area contributed by atoms with E-state index in [0.717, 1.165) is 6.07 Å². The fourth-order valence-corrected chi connectivity index (χ4v) is 1.64. The van der Waals surface area contributed by atoms with Gasteiger partial charge < -0.3 is 4.74 Å². The van der Waals surface area contributed by atoms with Gasteiger partial charge in [-0.05, 0) is 6.07 Å². The summed E-state index contributed by atoms with van der Waals surface area (Å²) < 4.78 is 31.3. The average molecular weight is 279 g/mol. The molecule has 0 aromatic heterocycles. The first-order chi connectivity index (χ1) is 6.94. The molecule has 0 atom stereocenters. The molecule has 1 aromatic carbocycles. The highest BCUT2D eigenvalue weighted by molar-refractivity contribution is 9.09. The lowest BCUT2D eigenvalue weighted by molar-refractivity contribution is 0.358. The van der Waals surface area contributed by atoms with Crippen molar-refractivity contribution in [3.8, 4) is 5.75 Å². The van der Waals surface area contributed by atoms with Gasteiger partial charge in [0.15, 0.2) is 11.6 Å². The van der Waals surface area contributed by atoms with Crippen molar-refractivity contribution in [2.24, 2.45) is 0 Å². The average Bonchev–Trinajstić information content (AvgIpc) is 2.21. The van der Waals surface area contributed by atoms with Crippen molar-refractivity contribution >= 4 is 15.9 Å². The van der Waals surface area contributed by atoms with Crippen LogP contribution in [-0.4, -0.2) is 12.4 Å². The van der Waals surface area contributed by atoms with Crippen LogP contribution < -0.4 is 4.74 Å². The Bertz CT molecular complexity index is 364. The third-order valence-electron chi connectivity index (χ3n) is 2.32. The topological polar surface area (TPSA) is 9.23 Å². The summed E-state index contributed by atoms with van der Waals surface area (Å²) in [5.74, 6) is -1.83. The van der Waals surface area contributed by atoms with Gasteiger partial charge >= 0.3 is 0 Å². The van der Waals surface area contributed by atoms with Crippen LogP contribution in [0.1, 0.15) is 19.4 Å². The minimum Gasteiger partial charge on any atom is -0.493 e. The molecule has 0 radical (unpaired) electrons. The van der Waals surface area contributed by atoms with Crippen molar-refractivity contribution in [1.29, 1.82) is 0 Å². The summed E-state index contributed by atoms with van der Waals surface area (Å²) in [7, 11) is 1.34. The van der Waals surface area contributed by atoms with Gasteiger partial charge in [0.25, 0.3) is 0 Å². The Morgan fingerprint density at radius 3 is 2.40 bits per heavy atom. The van der Waals surface area contributed by atoms with Gasteiger partial charge in [0.1, 0.15) is 0 Å². The molecule has 0 aliphatic rings. The second-order valence-electron chi connectivity index (χ2n) is 3.96. The van der Waals surface area contributed by atoms with Gasteiger partial charge in [-0.1, -0.05) is 35.8 Å². The number of rotatable bonds is 3. The van der Waals surface area contributed by atoms with E-state index >= 15 is 0 Å². The number of benzene rings is 1. The lowest BCUT2D eigenvalue weighted by atomic mass is 9.86. The minimum atomic E-state index is -0.927. The molecule has 0 amide bonds. The molecule has 0 fully saturated rings. The first-order valence-corrected chi connectivity index (χ1v) is 5.64. The number of methoxy groups -OCH3 is 1. The smallest absolute Gasteiger partial charge is 0.200 e. The number of hydrogen-bond donors (Lipinski definition) is 0. The molecular formula is C11H13BrF2O. The van der Waals surface area contributed by atoms with E-state index in [4.69, 9.17) is 4.74 Å². The van der Waals surface area contributed by atoms with Crippen molar-refractivity contribution in [2.45, 2.75) is 19.3 Å². The lowest BCUT2D eigenvalue weighted by Gasteiger charge is -2.24. The molecule has 0 heterocycles. The van der Waals surface area contributed by atoms with Crippen molar-refractivity contribution in [3.63, 3.8) is 0 Å². The molecule has 0 saturated carbocycles. The highest BCUT2D eigenvalue weighted by Crippen LogP contribution is 2.35. The van der Waals surface area contributed by atoms with Crippen LogP contribution in [0.15, 0.2) is 12.1 Å². The SMILES string of the molecule is COc1c(C(C)(C)CBr)ccc(F)c1F. The Balaban J connectivity index is 3.37. The molecule has 0 N–H and O–H groups in total. The van der Waals surface area contributed by atoms with Crippen LogP contribution in [0, 0.1) is 11.6 Å². The van der Waals surface area contributed by atoms with Crippen molar-refractivity contribution in [3.05, 3.63) is 29.3 Å². The van der Waals surface area contributed by atoms with E-state index in [1.807, 2.05) is 13.8 Å². The summed E-state index contributed by atoms with van der Waals surface area (Å²) in [5.41, 5.74) is 0.348. The van der Waals surface area contributed by atoms with E-state index < -0.39 is 11.6 Å². The van der Waals surface area contributed by atoms with Gasteiger partial charge in [0.05, 0.1) is 7.11 Å². The van der Waals surface area contributed by atoms with Crippen LogP contribution in [0.2, 0.25) is 0 Å². The number of hydrogen-bond acceptors (Lipinski definition) is 1. The third-order valence-corrected chi connectivity index (χ3v) is 3.72. The van der Waals surface area contributed by atoms with Gasteiger partial charge in [-0.15, -0.1) is 0 Å². The predicted molar refractivity (Wildman–Crippen MR) is 59.7 cm³/mol. The fourth-order valence-electron chi connectivity index (χ4n) is 1.34. The highest BCUT2D eigenvalue weighted by atomic mass is 79.9. The second-order valence-corrected chi connectivity index (χ2v) is 4.52. The lowest BCUT2D eigenvalue weighted by Crippen LogP contribution is -2.20. The molecule has 15 heavy (non-hydrogen) atoms. The normalized spacial score (nSPS) is 11.6. The van der Waals surface area contributed by atoms with Crippen LogP contribution in [0.5, 0.6) is 5.75 Å². The number of alkyl halides is 1. The van der Waals surface area contributed by atoms with Gasteiger partial charge in [0, 0.05) is 16.3 Å². The molecule has 0 spiro atoms. The van der Waals surface area contributed by atoms with E-state index in [1.54, 1.807) is 6.07 Å². The first-order valence-electron chi connectivity index (χ1n) is 4.52. The van der Waals surface area contributed by atoms with Crippen LogP contribution in [0.3, 0.4) is 0 Å². The van der Waals surface area contributed by atoms with Gasteiger partial charge in [-0.25, -0.2) is 4.39 Å². The molecular weight excluding hydrogens is 266 g/mol. The van der Waals surface area contributed by atoms with Gasteiger partial charge in [-0.3, -0.25) is 0 Å². The van der Waals surface area contributed by atoms with Crippen molar-refractivity contribution in [1.82, 2.24) is 0 Å². The van der Waals surface area contributed by atoms with E-state index in [1.165, 1.54) is 7.11 Å². The molecule has 0 unspecified atom stereocenters. The number of ether oxygens (including phenoxy) is 1. The Kier molecular flexibility index (Phi) is 3.71. The minimum absolute atomic E-state index is 0.0144. The Hall–Kier alpha value is -0.640. The second kappa shape index (κ2) is 4.47. The maximum absolute atomic E-state index is 13.4. The van der Waals surface area contributed by atoms with Crippen molar-refractivity contribution in [2.75, 3.05) is 12.4 Å². The zero-order valence-electron chi connectivity index (χ0n) is 8.90. The van der Waals surface area contributed by atoms with Crippen LogP contribution in [0.25, 0.3) is 0 Å². The maximum atomic E-state index is 13.4. The summed E-state index contributed by atoms with van der Waals surface area (Å²) >= 11 is 3.34. The summed E-state index contributed by atoms with van der Waals surface area (Å²) in [6.45, 7) is 3.86. The molecule has 1 aromatic rings. The van der Waals surface area contributed by atoms with Gasteiger partial charge in [-0.2, -0.15) is 4.39 Å². The Morgan fingerprint density at radius 2 is 1.93 bits per heavy atom. The zero-order valence-corrected chi connectivity index (χ0v) is 10.5. The van der Waals surface area contributed by atoms with Crippen molar-refractivity contribution < 1.29 is 13.5 Å². The molecule has 0 bridgehead atoms. The molecule has 1 rings (SSSR count). The summed E-state index contributed by atoms with van der Waals surface area (Å²) in [6.07, 6.45) is 0. The molecule has 0 saturated heterocycles. The molecule has 0 aliphatic carbocycles. The van der Waals surface area contributed by atoms with Crippen LogP contribution in [-0.2, 0) is 5.41 Å².